The number of aliphatic imine (C=N–C) groups is 1. The third kappa shape index (κ3) is 5.98. The van der Waals surface area contributed by atoms with E-state index in [9.17, 15) is 4.79 Å². The van der Waals surface area contributed by atoms with Crippen molar-refractivity contribution in [1.82, 2.24) is 9.80 Å². The number of benzene rings is 3. The molecule has 0 N–H and O–H groups in total. The summed E-state index contributed by atoms with van der Waals surface area (Å²) < 4.78 is 11.5. The maximum atomic E-state index is 12.6. The highest BCUT2D eigenvalue weighted by Gasteiger charge is 2.28. The summed E-state index contributed by atoms with van der Waals surface area (Å²) in [5, 5.41) is 0.792. The predicted molar refractivity (Wildman–Crippen MR) is 145 cm³/mol. The van der Waals surface area contributed by atoms with Crippen LogP contribution in [0.4, 0.5) is 0 Å². The molecule has 36 heavy (non-hydrogen) atoms. The lowest BCUT2D eigenvalue weighted by atomic mass is 10.2. The summed E-state index contributed by atoms with van der Waals surface area (Å²) in [5.74, 6) is 1.11. The second-order valence-corrected chi connectivity index (χ2v) is 9.75. The van der Waals surface area contributed by atoms with E-state index >= 15 is 0 Å². The van der Waals surface area contributed by atoms with E-state index in [-0.39, 0.29) is 5.91 Å². The number of thioether (sulfide) groups is 1. The number of amidine groups is 1. The van der Waals surface area contributed by atoms with E-state index in [2.05, 4.69) is 39.1 Å². The largest absolute Gasteiger partial charge is 0.493 e. The van der Waals surface area contributed by atoms with Crippen molar-refractivity contribution in [2.75, 3.05) is 33.3 Å². The van der Waals surface area contributed by atoms with Gasteiger partial charge < -0.3 is 14.4 Å². The summed E-state index contributed by atoms with van der Waals surface area (Å²) in [6, 6.07) is 26.2. The first kappa shape index (κ1) is 24.2. The number of hydrogen-bond acceptors (Lipinski definition) is 6. The Hall–Kier alpha value is -3.55. The molecule has 2 aliphatic heterocycles. The van der Waals surface area contributed by atoms with Gasteiger partial charge in [-0.2, -0.15) is 4.99 Å². The van der Waals surface area contributed by atoms with Crippen molar-refractivity contribution in [3.05, 3.63) is 100 Å². The Balaban J connectivity index is 1.18. The Bertz CT molecular complexity index is 1250. The lowest BCUT2D eigenvalue weighted by Gasteiger charge is -2.35. The molecular weight excluding hydrogens is 470 g/mol. The zero-order valence-electron chi connectivity index (χ0n) is 20.3. The van der Waals surface area contributed by atoms with Gasteiger partial charge in [0.25, 0.3) is 5.91 Å². The minimum Gasteiger partial charge on any atom is -0.493 e. The van der Waals surface area contributed by atoms with Crippen LogP contribution in [0.3, 0.4) is 0 Å². The van der Waals surface area contributed by atoms with E-state index in [4.69, 9.17) is 9.47 Å². The third-order valence-electron chi connectivity index (χ3n) is 6.22. The molecule has 1 amide bonds. The van der Waals surface area contributed by atoms with Crippen molar-refractivity contribution in [3.8, 4) is 11.5 Å². The van der Waals surface area contributed by atoms with Crippen LogP contribution in [0.2, 0.25) is 0 Å². The highest BCUT2D eigenvalue weighted by atomic mass is 32.2. The zero-order chi connectivity index (χ0) is 24.7. The van der Waals surface area contributed by atoms with E-state index < -0.39 is 0 Å². The second kappa shape index (κ2) is 11.5. The molecule has 0 aliphatic carbocycles. The Morgan fingerprint density at radius 3 is 2.28 bits per heavy atom. The highest BCUT2D eigenvalue weighted by molar-refractivity contribution is 8.18. The van der Waals surface area contributed by atoms with Gasteiger partial charge in [0.15, 0.2) is 16.7 Å². The van der Waals surface area contributed by atoms with Crippen LogP contribution in [-0.4, -0.2) is 54.2 Å². The number of hydrogen-bond donors (Lipinski definition) is 0. The number of piperazine rings is 1. The first-order valence-electron chi connectivity index (χ1n) is 12.1. The molecule has 3 aromatic rings. The molecule has 6 nitrogen and oxygen atoms in total. The maximum absolute atomic E-state index is 12.6. The van der Waals surface area contributed by atoms with Gasteiger partial charge in [0, 0.05) is 32.7 Å². The van der Waals surface area contributed by atoms with E-state index in [1.54, 1.807) is 7.11 Å². The van der Waals surface area contributed by atoms with Gasteiger partial charge in [0.2, 0.25) is 0 Å². The summed E-state index contributed by atoms with van der Waals surface area (Å²) in [7, 11) is 1.62. The second-order valence-electron chi connectivity index (χ2n) is 8.74. The molecule has 1 saturated heterocycles. The molecule has 184 valence electrons. The molecule has 2 aliphatic rings. The number of rotatable bonds is 7. The van der Waals surface area contributed by atoms with E-state index in [1.165, 1.54) is 17.3 Å². The fourth-order valence-corrected chi connectivity index (χ4v) is 5.22. The van der Waals surface area contributed by atoms with Gasteiger partial charge in [0.1, 0.15) is 6.61 Å². The summed E-state index contributed by atoms with van der Waals surface area (Å²) >= 11 is 1.45. The Kier molecular flexibility index (Phi) is 7.69. The van der Waals surface area contributed by atoms with Crippen molar-refractivity contribution in [1.29, 1.82) is 0 Å². The minimum atomic E-state index is -0.190. The van der Waals surface area contributed by atoms with Gasteiger partial charge in [-0.05, 0) is 46.7 Å². The molecule has 0 unspecified atom stereocenters. The molecule has 2 heterocycles. The van der Waals surface area contributed by atoms with Crippen molar-refractivity contribution in [2.45, 2.75) is 13.2 Å². The predicted octanol–water partition coefficient (Wildman–Crippen LogP) is 5.06. The smallest absolute Gasteiger partial charge is 0.286 e. The molecular formula is C29H29N3O3S. The molecule has 0 atom stereocenters. The molecule has 0 saturated carbocycles. The van der Waals surface area contributed by atoms with Crippen molar-refractivity contribution in [3.63, 3.8) is 0 Å². The van der Waals surface area contributed by atoms with Crippen molar-refractivity contribution >= 4 is 28.9 Å². The Morgan fingerprint density at radius 2 is 1.58 bits per heavy atom. The fourth-order valence-electron chi connectivity index (χ4n) is 4.25. The minimum absolute atomic E-state index is 0.190. The Labute approximate surface area is 216 Å². The van der Waals surface area contributed by atoms with Crippen LogP contribution in [0.5, 0.6) is 11.5 Å². The van der Waals surface area contributed by atoms with Crippen LogP contribution >= 0.6 is 11.8 Å². The first-order valence-corrected chi connectivity index (χ1v) is 12.9. The maximum Gasteiger partial charge on any atom is 0.286 e. The molecule has 0 radical (unpaired) electrons. The van der Waals surface area contributed by atoms with Crippen LogP contribution in [0.15, 0.2) is 88.8 Å². The highest BCUT2D eigenvalue weighted by Crippen LogP contribution is 2.34. The number of carbonyl (C=O) groups excluding carboxylic acids is 1. The van der Waals surface area contributed by atoms with Crippen molar-refractivity contribution < 1.29 is 14.3 Å². The zero-order valence-corrected chi connectivity index (χ0v) is 21.1. The lowest BCUT2D eigenvalue weighted by molar-refractivity contribution is -0.113. The number of nitrogens with zero attached hydrogens (tertiary/aromatic N) is 3. The molecule has 0 aromatic heterocycles. The SMILES string of the molecule is COc1cc(C=C2SC(N3CCN(Cc4ccccc4)CC3)=NC2=O)ccc1OCc1ccccc1. The van der Waals surface area contributed by atoms with E-state index in [0.29, 0.717) is 23.0 Å². The Morgan fingerprint density at radius 1 is 0.889 bits per heavy atom. The quantitative estimate of drug-likeness (QED) is 0.424. The third-order valence-corrected chi connectivity index (χ3v) is 7.27. The number of ether oxygens (including phenoxy) is 2. The summed E-state index contributed by atoms with van der Waals surface area (Å²) in [4.78, 5) is 22.3. The molecule has 1 fully saturated rings. The normalized spacial score (nSPS) is 17.4. The topological polar surface area (TPSA) is 54.4 Å². The van der Waals surface area contributed by atoms with Crippen molar-refractivity contribution in [2.24, 2.45) is 4.99 Å². The lowest BCUT2D eigenvalue weighted by Crippen LogP contribution is -2.47. The van der Waals surface area contributed by atoms with Crippen LogP contribution < -0.4 is 9.47 Å². The van der Waals surface area contributed by atoms with Gasteiger partial charge >= 0.3 is 0 Å². The van der Waals surface area contributed by atoms with Gasteiger partial charge in [-0.1, -0.05) is 66.7 Å². The summed E-state index contributed by atoms with van der Waals surface area (Å²) in [5.41, 5.74) is 3.29. The molecule has 0 spiro atoms. The van der Waals surface area contributed by atoms with Gasteiger partial charge in [-0.25, -0.2) is 0 Å². The van der Waals surface area contributed by atoms with E-state index in [0.717, 1.165) is 49.0 Å². The molecule has 3 aromatic carbocycles. The first-order chi connectivity index (χ1) is 17.7. The van der Waals surface area contributed by atoms with Crippen LogP contribution in [-0.2, 0) is 17.9 Å². The molecule has 7 heteroatoms. The van der Waals surface area contributed by atoms with E-state index in [1.807, 2.05) is 60.7 Å². The molecule has 0 bridgehead atoms. The fraction of sp³-hybridized carbons (Fsp3) is 0.241. The van der Waals surface area contributed by atoms with Crippen LogP contribution in [0.25, 0.3) is 6.08 Å². The summed E-state index contributed by atoms with van der Waals surface area (Å²) in [6.07, 6.45) is 1.87. The van der Waals surface area contributed by atoms with Crippen LogP contribution in [0.1, 0.15) is 16.7 Å². The number of amides is 1. The summed E-state index contributed by atoms with van der Waals surface area (Å²) in [6.45, 7) is 5.03. The van der Waals surface area contributed by atoms with Gasteiger partial charge in [0.05, 0.1) is 12.0 Å². The number of methoxy groups -OCH3 is 1. The van der Waals surface area contributed by atoms with Gasteiger partial charge in [-0.15, -0.1) is 0 Å². The number of carbonyl (C=O) groups is 1. The molecule has 5 rings (SSSR count). The average molecular weight is 500 g/mol. The van der Waals surface area contributed by atoms with Crippen LogP contribution in [0, 0.1) is 0 Å². The average Bonchev–Trinajstić information content (AvgIpc) is 3.29. The standard InChI is InChI=1S/C29H29N3O3S/c1-34-26-18-24(12-13-25(26)35-21-23-10-6-3-7-11-23)19-27-28(33)30-29(36-27)32-16-14-31(15-17-32)20-22-8-4-2-5-9-22/h2-13,18-19H,14-17,20-21H2,1H3. The van der Waals surface area contributed by atoms with Gasteiger partial charge in [-0.3, -0.25) is 9.69 Å². The monoisotopic (exact) mass is 499 g/mol.